The smallest absolute Gasteiger partial charge is 0.335 e. The van der Waals surface area contributed by atoms with E-state index in [0.29, 0.717) is 5.56 Å². The monoisotopic (exact) mass is 454 g/mol. The van der Waals surface area contributed by atoms with Crippen molar-refractivity contribution in [2.75, 3.05) is 4.72 Å². The van der Waals surface area contributed by atoms with Crippen molar-refractivity contribution in [1.82, 2.24) is 9.97 Å². The summed E-state index contributed by atoms with van der Waals surface area (Å²) in [5.41, 5.74) is 0.848. The molecule has 0 amide bonds. The minimum atomic E-state index is -4.19. The second kappa shape index (κ2) is 7.98. The molecule has 0 aliphatic heterocycles. The summed E-state index contributed by atoms with van der Waals surface area (Å²) in [4.78, 5) is 19.6. The topological polar surface area (TPSA) is 133 Å². The van der Waals surface area contributed by atoms with Gasteiger partial charge in [0, 0.05) is 18.0 Å². The quantitative estimate of drug-likeness (QED) is 0.573. The van der Waals surface area contributed by atoms with Crippen molar-refractivity contribution in [3.8, 4) is 17.5 Å². The summed E-state index contributed by atoms with van der Waals surface area (Å²) in [6, 6.07) is 10.3. The highest BCUT2D eigenvalue weighted by Gasteiger charge is 2.32. The second-order valence-electron chi connectivity index (χ2n) is 7.00. The third kappa shape index (κ3) is 4.21. The van der Waals surface area contributed by atoms with Crippen LogP contribution in [0.25, 0.3) is 11.4 Å². The Balaban J connectivity index is 1.85. The van der Waals surface area contributed by atoms with E-state index < -0.39 is 16.0 Å². The van der Waals surface area contributed by atoms with Crippen LogP contribution in [0.1, 0.15) is 40.2 Å². The average molecular weight is 455 g/mol. The molecule has 1 fully saturated rings. The van der Waals surface area contributed by atoms with Crippen molar-refractivity contribution < 1.29 is 18.3 Å². The highest BCUT2D eigenvalue weighted by Crippen LogP contribution is 2.43. The molecule has 156 valence electrons. The number of aromatic nitrogens is 2. The van der Waals surface area contributed by atoms with Gasteiger partial charge in [0.15, 0.2) is 5.82 Å². The minimum Gasteiger partial charge on any atom is -0.478 e. The average Bonchev–Trinajstić information content (AvgIpc) is 3.60. The van der Waals surface area contributed by atoms with Crippen molar-refractivity contribution >= 4 is 33.3 Å². The first-order chi connectivity index (χ1) is 14.8. The highest BCUT2D eigenvalue weighted by atomic mass is 35.5. The summed E-state index contributed by atoms with van der Waals surface area (Å²) in [5, 5.41) is 18.8. The number of aromatic carboxylic acids is 1. The van der Waals surface area contributed by atoms with Crippen molar-refractivity contribution in [2.24, 2.45) is 0 Å². The Morgan fingerprint density at radius 3 is 2.52 bits per heavy atom. The molecule has 0 spiro atoms. The standard InChI is InChI=1S/C21H15ClN4O4S/c22-17-10-16(20-24-6-1-7-25-20)18(8-14(17)11-23)26-31(29,30)19-9-13(21(27)28)4-5-15(19)12-2-3-12/h1,4-10,12,26H,2-3H2,(H,27,28). The Kier molecular flexibility index (Phi) is 5.35. The number of carboxylic acid groups (broad SMARTS) is 1. The number of carboxylic acids is 1. The Labute approximate surface area is 183 Å². The predicted octanol–water partition coefficient (Wildman–Crippen LogP) is 4.05. The first-order valence-corrected chi connectivity index (χ1v) is 11.1. The van der Waals surface area contributed by atoms with Crippen LogP contribution in [0.5, 0.6) is 0 Å². The van der Waals surface area contributed by atoms with Gasteiger partial charge in [-0.1, -0.05) is 17.7 Å². The highest BCUT2D eigenvalue weighted by molar-refractivity contribution is 7.92. The summed E-state index contributed by atoms with van der Waals surface area (Å²) >= 11 is 6.15. The minimum absolute atomic E-state index is 0.0613. The Morgan fingerprint density at radius 1 is 1.19 bits per heavy atom. The van der Waals surface area contributed by atoms with Gasteiger partial charge >= 0.3 is 5.97 Å². The van der Waals surface area contributed by atoms with Gasteiger partial charge in [-0.15, -0.1) is 0 Å². The molecule has 1 saturated carbocycles. The van der Waals surface area contributed by atoms with E-state index in [9.17, 15) is 23.6 Å². The first-order valence-electron chi connectivity index (χ1n) is 9.21. The van der Waals surface area contributed by atoms with Gasteiger partial charge in [-0.2, -0.15) is 5.26 Å². The number of hydrogen-bond acceptors (Lipinski definition) is 6. The van der Waals surface area contributed by atoms with Crippen LogP contribution in [-0.2, 0) is 10.0 Å². The zero-order valence-electron chi connectivity index (χ0n) is 15.9. The number of nitrogens with zero attached hydrogens (tertiary/aromatic N) is 3. The molecule has 8 nitrogen and oxygen atoms in total. The van der Waals surface area contributed by atoms with Gasteiger partial charge in [-0.25, -0.2) is 23.2 Å². The SMILES string of the molecule is N#Cc1cc(NS(=O)(=O)c2cc(C(=O)O)ccc2C2CC2)c(-c2ncccn2)cc1Cl. The normalized spacial score (nSPS) is 13.4. The van der Waals surface area contributed by atoms with E-state index in [-0.39, 0.29) is 44.0 Å². The van der Waals surface area contributed by atoms with Gasteiger partial charge in [0.25, 0.3) is 10.0 Å². The molecule has 1 aliphatic rings. The molecule has 31 heavy (non-hydrogen) atoms. The molecule has 1 aromatic heterocycles. The van der Waals surface area contributed by atoms with E-state index in [1.807, 2.05) is 6.07 Å². The van der Waals surface area contributed by atoms with Crippen molar-refractivity contribution in [3.05, 3.63) is 70.5 Å². The lowest BCUT2D eigenvalue weighted by Crippen LogP contribution is -2.17. The summed E-state index contributed by atoms with van der Waals surface area (Å²) in [6.45, 7) is 0. The van der Waals surface area contributed by atoms with Crippen molar-refractivity contribution in [3.63, 3.8) is 0 Å². The number of hydrogen-bond donors (Lipinski definition) is 2. The van der Waals surface area contributed by atoms with Crippen molar-refractivity contribution in [2.45, 2.75) is 23.7 Å². The molecule has 0 bridgehead atoms. The lowest BCUT2D eigenvalue weighted by Gasteiger charge is -2.16. The summed E-state index contributed by atoms with van der Waals surface area (Å²) in [5.74, 6) is -0.949. The molecule has 2 aromatic carbocycles. The third-order valence-corrected chi connectivity index (χ3v) is 6.58. The molecule has 4 rings (SSSR count). The molecule has 3 aromatic rings. The van der Waals surface area contributed by atoms with E-state index in [1.165, 1.54) is 30.6 Å². The number of benzene rings is 2. The van der Waals surface area contributed by atoms with Crippen LogP contribution in [-0.4, -0.2) is 29.5 Å². The lowest BCUT2D eigenvalue weighted by molar-refractivity contribution is 0.0696. The third-order valence-electron chi connectivity index (χ3n) is 4.85. The molecular formula is C21H15ClN4O4S. The lowest BCUT2D eigenvalue weighted by atomic mass is 10.1. The van der Waals surface area contributed by atoms with Gasteiger partial charge in [-0.05, 0) is 54.7 Å². The Bertz CT molecular complexity index is 1330. The number of carbonyl (C=O) groups is 1. The molecule has 1 heterocycles. The van der Waals surface area contributed by atoms with E-state index in [0.717, 1.165) is 18.9 Å². The van der Waals surface area contributed by atoms with Crippen LogP contribution in [0.15, 0.2) is 53.7 Å². The summed E-state index contributed by atoms with van der Waals surface area (Å²) < 4.78 is 29.2. The van der Waals surface area contributed by atoms with E-state index >= 15 is 0 Å². The number of nitriles is 1. The number of anilines is 1. The largest absolute Gasteiger partial charge is 0.478 e. The van der Waals surface area contributed by atoms with Gasteiger partial charge in [0.2, 0.25) is 0 Å². The number of halogens is 1. The van der Waals surface area contributed by atoms with Crippen LogP contribution in [0.2, 0.25) is 5.02 Å². The number of nitrogens with one attached hydrogen (secondary N) is 1. The Morgan fingerprint density at radius 2 is 1.90 bits per heavy atom. The van der Waals surface area contributed by atoms with E-state index in [1.54, 1.807) is 12.1 Å². The molecule has 1 aliphatic carbocycles. The summed E-state index contributed by atoms with van der Waals surface area (Å²) in [7, 11) is -4.19. The second-order valence-corrected chi connectivity index (χ2v) is 9.06. The van der Waals surface area contributed by atoms with Crippen LogP contribution >= 0.6 is 11.6 Å². The molecule has 0 radical (unpaired) electrons. The fraction of sp³-hybridized carbons (Fsp3) is 0.143. The van der Waals surface area contributed by atoms with Crippen molar-refractivity contribution in [1.29, 1.82) is 5.26 Å². The maximum Gasteiger partial charge on any atom is 0.335 e. The zero-order chi connectivity index (χ0) is 22.2. The van der Waals surface area contributed by atoms with Gasteiger partial charge in [0.05, 0.1) is 26.7 Å². The predicted molar refractivity (Wildman–Crippen MR) is 113 cm³/mol. The molecular weight excluding hydrogens is 440 g/mol. The maximum atomic E-state index is 13.3. The van der Waals surface area contributed by atoms with E-state index in [2.05, 4.69) is 14.7 Å². The number of sulfonamides is 1. The van der Waals surface area contributed by atoms with Gasteiger partial charge in [0.1, 0.15) is 6.07 Å². The molecule has 10 heteroatoms. The van der Waals surface area contributed by atoms with Gasteiger partial charge in [-0.3, -0.25) is 4.72 Å². The van der Waals surface area contributed by atoms with Crippen LogP contribution < -0.4 is 4.72 Å². The van der Waals surface area contributed by atoms with Gasteiger partial charge < -0.3 is 5.11 Å². The summed E-state index contributed by atoms with van der Waals surface area (Å²) in [6.07, 6.45) is 4.65. The molecule has 0 atom stereocenters. The molecule has 0 unspecified atom stereocenters. The Hall–Kier alpha value is -3.48. The zero-order valence-corrected chi connectivity index (χ0v) is 17.5. The van der Waals surface area contributed by atoms with Crippen LogP contribution in [0, 0.1) is 11.3 Å². The molecule has 0 saturated heterocycles. The fourth-order valence-electron chi connectivity index (χ4n) is 3.20. The van der Waals surface area contributed by atoms with Crippen LogP contribution in [0.4, 0.5) is 5.69 Å². The molecule has 2 N–H and O–H groups in total. The fourth-order valence-corrected chi connectivity index (χ4v) is 4.80. The first kappa shape index (κ1) is 20.8. The van der Waals surface area contributed by atoms with E-state index in [4.69, 9.17) is 11.6 Å². The number of rotatable bonds is 6. The van der Waals surface area contributed by atoms with Crippen LogP contribution in [0.3, 0.4) is 0 Å². The maximum absolute atomic E-state index is 13.3.